The maximum absolute atomic E-state index is 14.8. The van der Waals surface area contributed by atoms with Crippen molar-refractivity contribution in [2.24, 2.45) is 0 Å². The van der Waals surface area contributed by atoms with Crippen molar-refractivity contribution in [1.29, 1.82) is 0 Å². The Labute approximate surface area is 113 Å². The third-order valence-corrected chi connectivity index (χ3v) is 6.53. The van der Waals surface area contributed by atoms with Gasteiger partial charge in [-0.1, -0.05) is 43.9 Å². The zero-order chi connectivity index (χ0) is 14.3. The fourth-order valence-corrected chi connectivity index (χ4v) is 3.45. The summed E-state index contributed by atoms with van der Waals surface area (Å²) >= 11 is 0. The SMILES string of the molecule is C[Si](C)(C)C1(F)C=CC(c2ccccc2O)=C(O)C1. The highest BCUT2D eigenvalue weighted by molar-refractivity contribution is 6.79. The number of hydrogen-bond donors (Lipinski definition) is 2. The first-order valence-electron chi connectivity index (χ1n) is 6.33. The van der Waals surface area contributed by atoms with Gasteiger partial charge in [-0.15, -0.1) is 0 Å². The number of phenolic OH excluding ortho intramolecular Hbond substituents is 1. The van der Waals surface area contributed by atoms with Crippen molar-refractivity contribution in [1.82, 2.24) is 0 Å². The van der Waals surface area contributed by atoms with Crippen LogP contribution in [0, 0.1) is 0 Å². The van der Waals surface area contributed by atoms with E-state index in [0.29, 0.717) is 11.1 Å². The summed E-state index contributed by atoms with van der Waals surface area (Å²) in [6.07, 6.45) is 3.12. The zero-order valence-electron chi connectivity index (χ0n) is 11.4. The molecular formula is C15H19FO2Si. The summed E-state index contributed by atoms with van der Waals surface area (Å²) in [4.78, 5) is 0. The molecule has 0 aliphatic heterocycles. The zero-order valence-corrected chi connectivity index (χ0v) is 12.4. The van der Waals surface area contributed by atoms with Crippen LogP contribution in [-0.2, 0) is 0 Å². The van der Waals surface area contributed by atoms with Gasteiger partial charge in [-0.2, -0.15) is 0 Å². The number of hydrogen-bond acceptors (Lipinski definition) is 2. The molecule has 1 aromatic carbocycles. The summed E-state index contributed by atoms with van der Waals surface area (Å²) in [6.45, 7) is 5.82. The Hall–Kier alpha value is -1.55. The standard InChI is InChI=1S/C15H19FO2Si/c1-19(2,3)15(16)9-8-12(14(18)10-15)11-6-4-5-7-13(11)17/h4-9,17-18H,10H2,1-3H3. The predicted molar refractivity (Wildman–Crippen MR) is 78.6 cm³/mol. The van der Waals surface area contributed by atoms with Crippen LogP contribution in [0.5, 0.6) is 5.75 Å². The molecule has 0 saturated heterocycles. The largest absolute Gasteiger partial charge is 0.512 e. The van der Waals surface area contributed by atoms with Crippen LogP contribution in [0.2, 0.25) is 19.6 Å². The van der Waals surface area contributed by atoms with Gasteiger partial charge < -0.3 is 10.2 Å². The van der Waals surface area contributed by atoms with Gasteiger partial charge in [0.25, 0.3) is 0 Å². The number of benzene rings is 1. The first-order valence-corrected chi connectivity index (χ1v) is 9.83. The minimum Gasteiger partial charge on any atom is -0.512 e. The molecule has 0 spiro atoms. The fraction of sp³-hybridized carbons (Fsp3) is 0.333. The quantitative estimate of drug-likeness (QED) is 0.796. The molecule has 2 rings (SSSR count). The summed E-state index contributed by atoms with van der Waals surface area (Å²) < 4.78 is 14.8. The number of rotatable bonds is 2. The predicted octanol–water partition coefficient (Wildman–Crippen LogP) is 4.21. The van der Waals surface area contributed by atoms with Crippen LogP contribution in [0.4, 0.5) is 4.39 Å². The highest BCUT2D eigenvalue weighted by atomic mass is 28.3. The molecule has 1 atom stereocenters. The number of para-hydroxylation sites is 1. The number of aliphatic hydroxyl groups is 1. The average molecular weight is 278 g/mol. The minimum atomic E-state index is -2.08. The Kier molecular flexibility index (Phi) is 3.30. The van der Waals surface area contributed by atoms with E-state index in [-0.39, 0.29) is 17.9 Å². The highest BCUT2D eigenvalue weighted by Gasteiger charge is 2.44. The lowest BCUT2D eigenvalue weighted by Gasteiger charge is -2.36. The molecule has 19 heavy (non-hydrogen) atoms. The van der Waals surface area contributed by atoms with Crippen molar-refractivity contribution in [3.05, 3.63) is 47.7 Å². The first kappa shape index (κ1) is 13.9. The van der Waals surface area contributed by atoms with E-state index >= 15 is 0 Å². The molecule has 102 valence electrons. The Bertz CT molecular complexity index is 558. The lowest BCUT2D eigenvalue weighted by Crippen LogP contribution is -2.48. The summed E-state index contributed by atoms with van der Waals surface area (Å²) in [7, 11) is -2.08. The molecule has 2 N–H and O–H groups in total. The topological polar surface area (TPSA) is 40.5 Å². The normalized spacial score (nSPS) is 23.8. The van der Waals surface area contributed by atoms with E-state index in [1.165, 1.54) is 0 Å². The van der Waals surface area contributed by atoms with Crippen molar-refractivity contribution < 1.29 is 14.6 Å². The Morgan fingerprint density at radius 2 is 1.79 bits per heavy atom. The van der Waals surface area contributed by atoms with Gasteiger partial charge in [-0.3, -0.25) is 0 Å². The first-order chi connectivity index (χ1) is 8.74. The smallest absolute Gasteiger partial charge is 0.123 e. The van der Waals surface area contributed by atoms with Crippen LogP contribution in [0.1, 0.15) is 12.0 Å². The monoisotopic (exact) mass is 278 g/mol. The lowest BCUT2D eigenvalue weighted by molar-refractivity contribution is 0.272. The van der Waals surface area contributed by atoms with Gasteiger partial charge >= 0.3 is 0 Å². The number of aromatic hydroxyl groups is 1. The molecule has 0 saturated carbocycles. The van der Waals surface area contributed by atoms with E-state index in [1.54, 1.807) is 36.4 Å². The highest BCUT2D eigenvalue weighted by Crippen LogP contribution is 2.40. The average Bonchev–Trinajstić information content (AvgIpc) is 2.29. The van der Waals surface area contributed by atoms with Crippen LogP contribution in [0.15, 0.2) is 42.2 Å². The van der Waals surface area contributed by atoms with Crippen LogP contribution >= 0.6 is 0 Å². The van der Waals surface area contributed by atoms with Crippen molar-refractivity contribution in [3.8, 4) is 5.75 Å². The molecule has 0 aromatic heterocycles. The van der Waals surface area contributed by atoms with Gasteiger partial charge in [0, 0.05) is 17.6 Å². The number of alkyl halides is 1. The number of aliphatic hydroxyl groups excluding tert-OH is 1. The van der Waals surface area contributed by atoms with E-state index in [4.69, 9.17) is 0 Å². The Morgan fingerprint density at radius 3 is 2.32 bits per heavy atom. The minimum absolute atomic E-state index is 0.00826. The van der Waals surface area contributed by atoms with Crippen LogP contribution in [0.3, 0.4) is 0 Å². The Balaban J connectivity index is 2.41. The van der Waals surface area contributed by atoms with E-state index in [0.717, 1.165) is 0 Å². The second kappa shape index (κ2) is 4.53. The molecule has 2 nitrogen and oxygen atoms in total. The van der Waals surface area contributed by atoms with Crippen LogP contribution < -0.4 is 0 Å². The second-order valence-corrected chi connectivity index (χ2v) is 11.3. The fourth-order valence-electron chi connectivity index (χ4n) is 2.17. The summed E-state index contributed by atoms with van der Waals surface area (Å²) in [5.74, 6) is 0.0991. The van der Waals surface area contributed by atoms with Gasteiger partial charge in [-0.25, -0.2) is 4.39 Å². The van der Waals surface area contributed by atoms with Crippen LogP contribution in [-0.4, -0.2) is 23.6 Å². The second-order valence-electron chi connectivity index (χ2n) is 6.00. The van der Waals surface area contributed by atoms with Crippen LogP contribution in [0.25, 0.3) is 5.57 Å². The molecule has 0 heterocycles. The maximum atomic E-state index is 14.8. The molecule has 4 heteroatoms. The van der Waals surface area contributed by atoms with E-state index < -0.39 is 13.4 Å². The van der Waals surface area contributed by atoms with Gasteiger partial charge in [-0.05, 0) is 12.1 Å². The molecule has 0 amide bonds. The summed E-state index contributed by atoms with van der Waals surface area (Å²) in [5.41, 5.74) is 1.04. The lowest BCUT2D eigenvalue weighted by atomic mass is 9.96. The summed E-state index contributed by atoms with van der Waals surface area (Å²) in [5, 5.41) is 18.5. The third-order valence-electron chi connectivity index (χ3n) is 3.69. The van der Waals surface area contributed by atoms with Gasteiger partial charge in [0.1, 0.15) is 16.8 Å². The van der Waals surface area contributed by atoms with Crippen molar-refractivity contribution in [2.75, 3.05) is 0 Å². The molecule has 1 aliphatic carbocycles. The van der Waals surface area contributed by atoms with Gasteiger partial charge in [0.2, 0.25) is 0 Å². The number of halogens is 1. The molecule has 0 bridgehead atoms. The van der Waals surface area contributed by atoms with E-state index in [2.05, 4.69) is 0 Å². The molecule has 1 aromatic rings. The van der Waals surface area contributed by atoms with E-state index in [9.17, 15) is 14.6 Å². The van der Waals surface area contributed by atoms with Gasteiger partial charge in [0.05, 0.1) is 8.07 Å². The maximum Gasteiger partial charge on any atom is 0.123 e. The molecule has 1 unspecified atom stereocenters. The van der Waals surface area contributed by atoms with Crippen molar-refractivity contribution in [2.45, 2.75) is 31.4 Å². The number of allylic oxidation sites excluding steroid dienone is 4. The van der Waals surface area contributed by atoms with Crippen molar-refractivity contribution >= 4 is 13.6 Å². The third kappa shape index (κ3) is 2.45. The van der Waals surface area contributed by atoms with Gasteiger partial charge in [0.15, 0.2) is 0 Å². The molecule has 0 radical (unpaired) electrons. The molecule has 1 aliphatic rings. The Morgan fingerprint density at radius 1 is 1.16 bits per heavy atom. The number of phenols is 1. The van der Waals surface area contributed by atoms with Crippen molar-refractivity contribution in [3.63, 3.8) is 0 Å². The summed E-state index contributed by atoms with van der Waals surface area (Å²) in [6, 6.07) is 6.76. The van der Waals surface area contributed by atoms with E-state index in [1.807, 2.05) is 19.6 Å². The molecular weight excluding hydrogens is 259 g/mol. The molecule has 0 fully saturated rings.